The molecule has 0 bridgehead atoms. The lowest BCUT2D eigenvalue weighted by Gasteiger charge is -2.23. The Morgan fingerprint density at radius 3 is 3.06 bits per heavy atom. The molecule has 1 aromatic carbocycles. The van der Waals surface area contributed by atoms with Crippen molar-refractivity contribution in [2.24, 2.45) is 0 Å². The number of aliphatic hydroxyl groups is 1. The van der Waals surface area contributed by atoms with Gasteiger partial charge in [0.25, 0.3) is 0 Å². The molecule has 0 amide bonds. The summed E-state index contributed by atoms with van der Waals surface area (Å²) in [6, 6.07) is 6.20. The fourth-order valence-electron chi connectivity index (χ4n) is 2.19. The van der Waals surface area contributed by atoms with Crippen LogP contribution in [0, 0.1) is 0 Å². The van der Waals surface area contributed by atoms with Crippen LogP contribution in [0.2, 0.25) is 5.02 Å². The van der Waals surface area contributed by atoms with E-state index < -0.39 is 0 Å². The highest BCUT2D eigenvalue weighted by Gasteiger charge is 2.24. The van der Waals surface area contributed by atoms with E-state index in [0.717, 1.165) is 41.0 Å². The van der Waals surface area contributed by atoms with Crippen LogP contribution in [-0.4, -0.2) is 29.2 Å². The molecule has 0 spiro atoms. The summed E-state index contributed by atoms with van der Waals surface area (Å²) >= 11 is 9.61. The zero-order valence-electron chi connectivity index (χ0n) is 9.00. The molecular formula is C12H15BrClNO. The Labute approximate surface area is 109 Å². The third-order valence-corrected chi connectivity index (χ3v) is 3.95. The first-order valence-electron chi connectivity index (χ1n) is 5.49. The third kappa shape index (κ3) is 2.77. The lowest BCUT2D eigenvalue weighted by molar-refractivity contribution is 0.153. The van der Waals surface area contributed by atoms with Crippen molar-refractivity contribution in [3.8, 4) is 0 Å². The average molecular weight is 305 g/mol. The molecule has 2 rings (SSSR count). The van der Waals surface area contributed by atoms with Crippen molar-refractivity contribution in [1.29, 1.82) is 0 Å². The summed E-state index contributed by atoms with van der Waals surface area (Å²) < 4.78 is 1.05. The Hall–Kier alpha value is -0.0900. The van der Waals surface area contributed by atoms with Crippen molar-refractivity contribution in [3.05, 3.63) is 33.3 Å². The zero-order valence-corrected chi connectivity index (χ0v) is 11.3. The first kappa shape index (κ1) is 12.4. The number of benzene rings is 1. The van der Waals surface area contributed by atoms with Gasteiger partial charge in [-0.25, -0.2) is 0 Å². The van der Waals surface area contributed by atoms with Gasteiger partial charge in [-0.3, -0.25) is 4.90 Å². The molecule has 4 heteroatoms. The van der Waals surface area contributed by atoms with Gasteiger partial charge < -0.3 is 5.11 Å². The lowest BCUT2D eigenvalue weighted by atomic mass is 10.2. The van der Waals surface area contributed by atoms with Gasteiger partial charge in [0.15, 0.2) is 0 Å². The minimum atomic E-state index is 0.242. The minimum Gasteiger partial charge on any atom is -0.395 e. The number of nitrogens with zero attached hydrogens (tertiary/aromatic N) is 1. The van der Waals surface area contributed by atoms with Crippen LogP contribution in [0.1, 0.15) is 18.4 Å². The molecule has 1 heterocycles. The van der Waals surface area contributed by atoms with Gasteiger partial charge in [-0.05, 0) is 43.1 Å². The molecule has 1 aliphatic heterocycles. The van der Waals surface area contributed by atoms with E-state index in [1.165, 1.54) is 0 Å². The van der Waals surface area contributed by atoms with Gasteiger partial charge in [0, 0.05) is 22.1 Å². The van der Waals surface area contributed by atoms with E-state index >= 15 is 0 Å². The maximum Gasteiger partial charge on any atom is 0.0587 e. The van der Waals surface area contributed by atoms with Gasteiger partial charge in [0.05, 0.1) is 6.61 Å². The van der Waals surface area contributed by atoms with Crippen LogP contribution in [0.15, 0.2) is 22.7 Å². The summed E-state index contributed by atoms with van der Waals surface area (Å²) in [6.07, 6.45) is 2.25. The molecule has 1 aromatic rings. The average Bonchev–Trinajstić information content (AvgIpc) is 2.71. The van der Waals surface area contributed by atoms with E-state index in [9.17, 15) is 5.11 Å². The summed E-state index contributed by atoms with van der Waals surface area (Å²) in [5.74, 6) is 0. The van der Waals surface area contributed by atoms with E-state index in [4.69, 9.17) is 11.6 Å². The summed E-state index contributed by atoms with van der Waals surface area (Å²) in [4.78, 5) is 2.30. The van der Waals surface area contributed by atoms with Crippen LogP contribution in [0.25, 0.3) is 0 Å². The van der Waals surface area contributed by atoms with Crippen LogP contribution in [0.3, 0.4) is 0 Å². The van der Waals surface area contributed by atoms with Crippen molar-refractivity contribution >= 4 is 27.5 Å². The summed E-state index contributed by atoms with van der Waals surface area (Å²) in [5, 5.41) is 10.1. The monoisotopic (exact) mass is 303 g/mol. The molecule has 1 N–H and O–H groups in total. The van der Waals surface area contributed by atoms with E-state index in [1.54, 1.807) is 0 Å². The second-order valence-electron chi connectivity index (χ2n) is 4.18. The molecule has 0 saturated carbocycles. The second-order valence-corrected chi connectivity index (χ2v) is 5.51. The molecular weight excluding hydrogens is 289 g/mol. The highest BCUT2D eigenvalue weighted by Crippen LogP contribution is 2.25. The molecule has 1 saturated heterocycles. The lowest BCUT2D eigenvalue weighted by Crippen LogP contribution is -2.31. The second kappa shape index (κ2) is 5.50. The highest BCUT2D eigenvalue weighted by atomic mass is 79.9. The number of likely N-dealkylation sites (tertiary alicyclic amines) is 1. The van der Waals surface area contributed by atoms with Crippen molar-refractivity contribution in [2.45, 2.75) is 25.4 Å². The maximum absolute atomic E-state index is 9.25. The van der Waals surface area contributed by atoms with Gasteiger partial charge in [-0.15, -0.1) is 0 Å². The van der Waals surface area contributed by atoms with Crippen LogP contribution in [0.4, 0.5) is 0 Å². The van der Waals surface area contributed by atoms with Crippen LogP contribution < -0.4 is 0 Å². The zero-order chi connectivity index (χ0) is 11.5. The molecule has 88 valence electrons. The van der Waals surface area contributed by atoms with E-state index in [2.05, 4.69) is 26.9 Å². The molecule has 1 fully saturated rings. The summed E-state index contributed by atoms with van der Waals surface area (Å²) in [5.41, 5.74) is 1.12. The molecule has 1 aliphatic rings. The number of rotatable bonds is 3. The highest BCUT2D eigenvalue weighted by molar-refractivity contribution is 9.10. The largest absolute Gasteiger partial charge is 0.395 e. The van der Waals surface area contributed by atoms with Gasteiger partial charge in [0.2, 0.25) is 0 Å². The van der Waals surface area contributed by atoms with E-state index in [0.29, 0.717) is 6.04 Å². The van der Waals surface area contributed by atoms with Gasteiger partial charge >= 0.3 is 0 Å². The summed E-state index contributed by atoms with van der Waals surface area (Å²) in [6.45, 7) is 2.11. The first-order chi connectivity index (χ1) is 7.70. The van der Waals surface area contributed by atoms with Gasteiger partial charge in [0.1, 0.15) is 0 Å². The van der Waals surface area contributed by atoms with Crippen LogP contribution in [-0.2, 0) is 6.54 Å². The molecule has 1 atom stereocenters. The Morgan fingerprint density at radius 2 is 2.31 bits per heavy atom. The van der Waals surface area contributed by atoms with Crippen LogP contribution >= 0.6 is 27.5 Å². The number of aliphatic hydroxyl groups excluding tert-OH is 1. The topological polar surface area (TPSA) is 23.5 Å². The predicted molar refractivity (Wildman–Crippen MR) is 69.7 cm³/mol. The Balaban J connectivity index is 2.11. The molecule has 2 nitrogen and oxygen atoms in total. The quantitative estimate of drug-likeness (QED) is 0.928. The standard InChI is InChI=1S/C12H15BrClNO/c13-10-3-4-12(14)9(6-10)7-15-5-1-2-11(15)8-16/h3-4,6,11,16H,1-2,5,7-8H2/t11-/m0/s1. The molecule has 0 aromatic heterocycles. The number of hydrogen-bond donors (Lipinski definition) is 1. The smallest absolute Gasteiger partial charge is 0.0587 e. The summed E-state index contributed by atoms with van der Waals surface area (Å²) in [7, 11) is 0. The minimum absolute atomic E-state index is 0.242. The molecule has 0 radical (unpaired) electrons. The fraction of sp³-hybridized carbons (Fsp3) is 0.500. The van der Waals surface area contributed by atoms with E-state index in [1.807, 2.05) is 12.1 Å². The normalized spacial score (nSPS) is 21.6. The Bertz CT molecular complexity index is 372. The molecule has 0 unspecified atom stereocenters. The Morgan fingerprint density at radius 1 is 1.50 bits per heavy atom. The molecule has 16 heavy (non-hydrogen) atoms. The van der Waals surface area contributed by atoms with Crippen molar-refractivity contribution in [1.82, 2.24) is 4.90 Å². The third-order valence-electron chi connectivity index (χ3n) is 3.09. The first-order valence-corrected chi connectivity index (χ1v) is 6.66. The predicted octanol–water partition coefficient (Wildman–Crippen LogP) is 3.06. The Kier molecular flexibility index (Phi) is 4.25. The van der Waals surface area contributed by atoms with Crippen molar-refractivity contribution in [3.63, 3.8) is 0 Å². The SMILES string of the molecule is OC[C@@H]1CCCN1Cc1cc(Br)ccc1Cl. The fourth-order valence-corrected chi connectivity index (χ4v) is 2.78. The van der Waals surface area contributed by atoms with Crippen molar-refractivity contribution in [2.75, 3.05) is 13.2 Å². The van der Waals surface area contributed by atoms with Crippen molar-refractivity contribution < 1.29 is 5.11 Å². The maximum atomic E-state index is 9.25. The number of halogens is 2. The van der Waals surface area contributed by atoms with Crippen LogP contribution in [0.5, 0.6) is 0 Å². The van der Waals surface area contributed by atoms with Gasteiger partial charge in [-0.1, -0.05) is 27.5 Å². The molecule has 0 aliphatic carbocycles. The van der Waals surface area contributed by atoms with Gasteiger partial charge in [-0.2, -0.15) is 0 Å². The van der Waals surface area contributed by atoms with E-state index in [-0.39, 0.29) is 6.61 Å². The number of hydrogen-bond acceptors (Lipinski definition) is 2.